The first-order valence-electron chi connectivity index (χ1n) is 6.16. The van der Waals surface area contributed by atoms with E-state index in [0.717, 1.165) is 23.2 Å². The van der Waals surface area contributed by atoms with Crippen LogP contribution < -0.4 is 15.2 Å². The largest absolute Gasteiger partial charge is 0.493 e. The highest BCUT2D eigenvalue weighted by atomic mass is 16.5. The van der Waals surface area contributed by atoms with Gasteiger partial charge in [0, 0.05) is 18.2 Å². The molecule has 0 unspecified atom stereocenters. The molecule has 0 saturated heterocycles. The third-order valence-electron chi connectivity index (χ3n) is 3.20. The predicted molar refractivity (Wildman–Crippen MR) is 75.5 cm³/mol. The zero-order valence-corrected chi connectivity index (χ0v) is 11.7. The molecule has 0 aliphatic heterocycles. The van der Waals surface area contributed by atoms with Crippen molar-refractivity contribution in [2.75, 3.05) is 20.0 Å². The van der Waals surface area contributed by atoms with E-state index >= 15 is 0 Å². The van der Waals surface area contributed by atoms with Crippen molar-refractivity contribution < 1.29 is 9.47 Å². The van der Waals surface area contributed by atoms with Crippen LogP contribution in [0.25, 0.3) is 11.3 Å². The second-order valence-electron chi connectivity index (χ2n) is 4.26. The molecule has 0 radical (unpaired) electrons. The highest BCUT2D eigenvalue weighted by Gasteiger charge is 2.15. The van der Waals surface area contributed by atoms with E-state index in [2.05, 4.69) is 12.0 Å². The standard InChI is InChI=1S/C14H19N3O2/c1-5-10-13(16-17(2)14(10)15)9-6-7-11(18-3)12(8-9)19-4/h6-8H,5,15H2,1-4H3. The summed E-state index contributed by atoms with van der Waals surface area (Å²) in [5.41, 5.74) is 8.94. The van der Waals surface area contributed by atoms with Crippen molar-refractivity contribution in [3.8, 4) is 22.8 Å². The lowest BCUT2D eigenvalue weighted by molar-refractivity contribution is 0.355. The van der Waals surface area contributed by atoms with Crippen molar-refractivity contribution in [2.45, 2.75) is 13.3 Å². The quantitative estimate of drug-likeness (QED) is 0.917. The van der Waals surface area contributed by atoms with Gasteiger partial charge in [-0.25, -0.2) is 0 Å². The van der Waals surface area contributed by atoms with Gasteiger partial charge in [0.1, 0.15) is 5.82 Å². The van der Waals surface area contributed by atoms with Crippen molar-refractivity contribution >= 4 is 5.82 Å². The second kappa shape index (κ2) is 5.22. The van der Waals surface area contributed by atoms with Crippen molar-refractivity contribution in [3.05, 3.63) is 23.8 Å². The van der Waals surface area contributed by atoms with Gasteiger partial charge in [-0.1, -0.05) is 6.92 Å². The predicted octanol–water partition coefficient (Wildman–Crippen LogP) is 2.25. The number of methoxy groups -OCH3 is 2. The summed E-state index contributed by atoms with van der Waals surface area (Å²) in [4.78, 5) is 0. The molecule has 5 heteroatoms. The number of rotatable bonds is 4. The van der Waals surface area contributed by atoms with E-state index in [4.69, 9.17) is 15.2 Å². The third-order valence-corrected chi connectivity index (χ3v) is 3.20. The molecule has 0 aliphatic carbocycles. The Morgan fingerprint density at radius 1 is 1.21 bits per heavy atom. The number of ether oxygens (including phenoxy) is 2. The number of anilines is 1. The monoisotopic (exact) mass is 261 g/mol. The summed E-state index contributed by atoms with van der Waals surface area (Å²) in [6.07, 6.45) is 0.837. The molecule has 1 aromatic heterocycles. The van der Waals surface area contributed by atoms with Gasteiger partial charge in [0.05, 0.1) is 19.9 Å². The van der Waals surface area contributed by atoms with Gasteiger partial charge in [-0.05, 0) is 24.6 Å². The summed E-state index contributed by atoms with van der Waals surface area (Å²) in [5, 5.41) is 4.48. The number of hydrogen-bond donors (Lipinski definition) is 1. The average Bonchev–Trinajstić information content (AvgIpc) is 2.73. The summed E-state index contributed by atoms with van der Waals surface area (Å²) in [6.45, 7) is 2.07. The molecule has 0 amide bonds. The maximum Gasteiger partial charge on any atom is 0.161 e. The van der Waals surface area contributed by atoms with Gasteiger partial charge >= 0.3 is 0 Å². The zero-order valence-electron chi connectivity index (χ0n) is 11.7. The first-order valence-corrected chi connectivity index (χ1v) is 6.16. The Morgan fingerprint density at radius 2 is 1.89 bits per heavy atom. The third kappa shape index (κ3) is 2.23. The molecule has 2 rings (SSSR count). The van der Waals surface area contributed by atoms with Crippen LogP contribution in [0.2, 0.25) is 0 Å². The molecule has 2 aromatic rings. The van der Waals surface area contributed by atoms with Gasteiger partial charge in [-0.15, -0.1) is 0 Å². The molecule has 0 fully saturated rings. The van der Waals surface area contributed by atoms with Crippen LogP contribution in [0.15, 0.2) is 18.2 Å². The lowest BCUT2D eigenvalue weighted by Crippen LogP contribution is -1.98. The van der Waals surface area contributed by atoms with Gasteiger partial charge < -0.3 is 15.2 Å². The van der Waals surface area contributed by atoms with E-state index in [1.807, 2.05) is 25.2 Å². The van der Waals surface area contributed by atoms with Gasteiger partial charge in [-0.3, -0.25) is 4.68 Å². The smallest absolute Gasteiger partial charge is 0.161 e. The van der Waals surface area contributed by atoms with Crippen LogP contribution in [-0.2, 0) is 13.5 Å². The van der Waals surface area contributed by atoms with Gasteiger partial charge in [-0.2, -0.15) is 5.10 Å². The molecule has 19 heavy (non-hydrogen) atoms. The van der Waals surface area contributed by atoms with Crippen LogP contribution in [0.4, 0.5) is 5.82 Å². The Balaban J connectivity index is 2.56. The van der Waals surface area contributed by atoms with E-state index in [9.17, 15) is 0 Å². The van der Waals surface area contributed by atoms with Crippen LogP contribution in [0.1, 0.15) is 12.5 Å². The molecule has 0 bridgehead atoms. The topological polar surface area (TPSA) is 62.3 Å². The van der Waals surface area contributed by atoms with E-state index < -0.39 is 0 Å². The molecule has 0 aliphatic rings. The zero-order chi connectivity index (χ0) is 14.0. The fraction of sp³-hybridized carbons (Fsp3) is 0.357. The Labute approximate surface area is 112 Å². The minimum atomic E-state index is 0.686. The number of nitrogens with zero attached hydrogens (tertiary/aromatic N) is 2. The maximum absolute atomic E-state index is 6.02. The van der Waals surface area contributed by atoms with Crippen LogP contribution in [0.5, 0.6) is 11.5 Å². The van der Waals surface area contributed by atoms with Crippen LogP contribution in [-0.4, -0.2) is 24.0 Å². The lowest BCUT2D eigenvalue weighted by Gasteiger charge is -2.09. The first-order chi connectivity index (χ1) is 9.12. The molecule has 1 aromatic carbocycles. The normalized spacial score (nSPS) is 10.5. The van der Waals surface area contributed by atoms with E-state index in [-0.39, 0.29) is 0 Å². The van der Waals surface area contributed by atoms with Gasteiger partial charge in [0.25, 0.3) is 0 Å². The number of benzene rings is 1. The molecule has 2 N–H and O–H groups in total. The molecular formula is C14H19N3O2. The average molecular weight is 261 g/mol. The summed E-state index contributed by atoms with van der Waals surface area (Å²) < 4.78 is 12.3. The number of hydrogen-bond acceptors (Lipinski definition) is 4. The minimum Gasteiger partial charge on any atom is -0.493 e. The number of nitrogen functional groups attached to an aromatic ring is 1. The Hall–Kier alpha value is -2.17. The van der Waals surface area contributed by atoms with Crippen molar-refractivity contribution in [1.82, 2.24) is 9.78 Å². The Kier molecular flexibility index (Phi) is 3.64. The molecular weight excluding hydrogens is 242 g/mol. The second-order valence-corrected chi connectivity index (χ2v) is 4.26. The molecule has 0 saturated carbocycles. The summed E-state index contributed by atoms with van der Waals surface area (Å²) in [5.74, 6) is 2.09. The first kappa shape index (κ1) is 13.3. The SMILES string of the molecule is CCc1c(-c2ccc(OC)c(OC)c2)nn(C)c1N. The lowest BCUT2D eigenvalue weighted by atomic mass is 10.1. The fourth-order valence-corrected chi connectivity index (χ4v) is 2.14. The molecule has 0 atom stereocenters. The van der Waals surface area contributed by atoms with Crippen LogP contribution >= 0.6 is 0 Å². The molecule has 102 valence electrons. The van der Waals surface area contributed by atoms with E-state index in [1.54, 1.807) is 18.9 Å². The van der Waals surface area contributed by atoms with Gasteiger partial charge in [0.2, 0.25) is 0 Å². The molecule has 0 spiro atoms. The van der Waals surface area contributed by atoms with E-state index in [0.29, 0.717) is 17.3 Å². The highest BCUT2D eigenvalue weighted by molar-refractivity contribution is 5.70. The summed E-state index contributed by atoms with van der Waals surface area (Å²) in [7, 11) is 5.08. The fourth-order valence-electron chi connectivity index (χ4n) is 2.14. The van der Waals surface area contributed by atoms with Crippen molar-refractivity contribution in [3.63, 3.8) is 0 Å². The summed E-state index contributed by atoms with van der Waals surface area (Å²) >= 11 is 0. The molecule has 1 heterocycles. The van der Waals surface area contributed by atoms with Gasteiger partial charge in [0.15, 0.2) is 11.5 Å². The van der Waals surface area contributed by atoms with E-state index in [1.165, 1.54) is 0 Å². The molecule has 5 nitrogen and oxygen atoms in total. The van der Waals surface area contributed by atoms with Crippen LogP contribution in [0.3, 0.4) is 0 Å². The van der Waals surface area contributed by atoms with Crippen LogP contribution in [0, 0.1) is 0 Å². The van der Waals surface area contributed by atoms with Crippen molar-refractivity contribution in [2.24, 2.45) is 7.05 Å². The van der Waals surface area contributed by atoms with Crippen molar-refractivity contribution in [1.29, 1.82) is 0 Å². The Morgan fingerprint density at radius 3 is 2.47 bits per heavy atom. The highest BCUT2D eigenvalue weighted by Crippen LogP contribution is 2.34. The number of aryl methyl sites for hydroxylation is 1. The minimum absolute atomic E-state index is 0.686. The number of aromatic nitrogens is 2. The maximum atomic E-state index is 6.02. The number of nitrogens with two attached hydrogens (primary N) is 1. The summed E-state index contributed by atoms with van der Waals surface area (Å²) in [6, 6.07) is 5.75. The Bertz CT molecular complexity index is 591.